The van der Waals surface area contributed by atoms with Crippen LogP contribution >= 0.6 is 0 Å². The minimum Gasteiger partial charge on any atom is -0.465 e. The largest absolute Gasteiger partial charge is 0.465 e. The van der Waals surface area contributed by atoms with Gasteiger partial charge in [0.2, 0.25) is 0 Å². The molecule has 0 aliphatic carbocycles. The summed E-state index contributed by atoms with van der Waals surface area (Å²) in [6, 6.07) is 15.3. The smallest absolute Gasteiger partial charge is 0.337 e. The molecule has 1 radical (unpaired) electrons. The minimum absolute atomic E-state index is 0.315. The minimum atomic E-state index is -0.315. The van der Waals surface area contributed by atoms with E-state index in [0.717, 1.165) is 16.7 Å². The number of ether oxygens (including phenoxy) is 1. The second kappa shape index (κ2) is 4.83. The molecule has 0 N–H and O–H groups in total. The van der Waals surface area contributed by atoms with Gasteiger partial charge in [-0.3, -0.25) is 0 Å². The molecular formula is C15H13O2. The van der Waals surface area contributed by atoms with Crippen LogP contribution in [0.1, 0.15) is 15.9 Å². The summed E-state index contributed by atoms with van der Waals surface area (Å²) in [5.74, 6) is -0.315. The van der Waals surface area contributed by atoms with Crippen molar-refractivity contribution in [3.8, 4) is 11.1 Å². The molecule has 2 aromatic carbocycles. The van der Waals surface area contributed by atoms with E-state index in [2.05, 4.69) is 11.7 Å². The van der Waals surface area contributed by atoms with Gasteiger partial charge in [-0.25, -0.2) is 4.79 Å². The highest BCUT2D eigenvalue weighted by Crippen LogP contribution is 2.20. The molecule has 0 unspecified atom stereocenters. The van der Waals surface area contributed by atoms with Crippen molar-refractivity contribution in [2.45, 2.75) is 0 Å². The summed E-state index contributed by atoms with van der Waals surface area (Å²) >= 11 is 0. The Morgan fingerprint density at radius 3 is 1.88 bits per heavy atom. The Morgan fingerprint density at radius 2 is 1.41 bits per heavy atom. The zero-order chi connectivity index (χ0) is 12.3. The monoisotopic (exact) mass is 225 g/mol. The number of benzene rings is 2. The van der Waals surface area contributed by atoms with E-state index in [1.54, 1.807) is 12.1 Å². The lowest BCUT2D eigenvalue weighted by molar-refractivity contribution is 0.0601. The maximum Gasteiger partial charge on any atom is 0.337 e. The predicted molar refractivity (Wildman–Crippen MR) is 67.7 cm³/mol. The fourth-order valence-electron chi connectivity index (χ4n) is 1.61. The van der Waals surface area contributed by atoms with E-state index in [0.29, 0.717) is 5.56 Å². The maximum absolute atomic E-state index is 11.3. The second-order valence-electron chi connectivity index (χ2n) is 3.77. The summed E-state index contributed by atoms with van der Waals surface area (Å²) in [6.45, 7) is 3.84. The predicted octanol–water partition coefficient (Wildman–Crippen LogP) is 3.32. The van der Waals surface area contributed by atoms with Gasteiger partial charge in [-0.05, 0) is 35.7 Å². The average molecular weight is 225 g/mol. The molecule has 0 saturated heterocycles. The van der Waals surface area contributed by atoms with E-state index >= 15 is 0 Å². The highest BCUT2D eigenvalue weighted by Gasteiger charge is 2.04. The van der Waals surface area contributed by atoms with Crippen molar-refractivity contribution in [2.75, 3.05) is 7.11 Å². The molecule has 2 heteroatoms. The third-order valence-electron chi connectivity index (χ3n) is 2.59. The summed E-state index contributed by atoms with van der Waals surface area (Å²) < 4.78 is 4.65. The van der Waals surface area contributed by atoms with E-state index in [1.807, 2.05) is 36.4 Å². The lowest BCUT2D eigenvalue weighted by Crippen LogP contribution is -2.00. The maximum atomic E-state index is 11.3. The number of esters is 1. The molecule has 2 rings (SSSR count). The van der Waals surface area contributed by atoms with Crippen LogP contribution in [0.5, 0.6) is 0 Å². The van der Waals surface area contributed by atoms with Crippen LogP contribution in [0.3, 0.4) is 0 Å². The average Bonchev–Trinajstić information content (AvgIpc) is 2.39. The zero-order valence-corrected chi connectivity index (χ0v) is 9.64. The molecule has 0 spiro atoms. The Labute approximate surface area is 101 Å². The van der Waals surface area contributed by atoms with Gasteiger partial charge < -0.3 is 4.74 Å². The summed E-state index contributed by atoms with van der Waals surface area (Å²) in [7, 11) is 1.38. The van der Waals surface area contributed by atoms with E-state index in [4.69, 9.17) is 0 Å². The van der Waals surface area contributed by atoms with Crippen LogP contribution in [0.2, 0.25) is 0 Å². The number of carbonyl (C=O) groups is 1. The summed E-state index contributed by atoms with van der Waals surface area (Å²) in [4.78, 5) is 11.3. The molecule has 0 aliphatic rings. The van der Waals surface area contributed by atoms with E-state index in [1.165, 1.54) is 7.11 Å². The van der Waals surface area contributed by atoms with Gasteiger partial charge in [0.15, 0.2) is 0 Å². The molecule has 0 saturated carbocycles. The van der Waals surface area contributed by atoms with Crippen molar-refractivity contribution in [3.05, 3.63) is 66.6 Å². The molecule has 0 amide bonds. The molecule has 0 atom stereocenters. The van der Waals surface area contributed by atoms with Crippen molar-refractivity contribution < 1.29 is 9.53 Å². The summed E-state index contributed by atoms with van der Waals surface area (Å²) in [6.07, 6.45) is 0. The van der Waals surface area contributed by atoms with Crippen molar-refractivity contribution in [1.29, 1.82) is 0 Å². The van der Waals surface area contributed by atoms with Crippen LogP contribution in [-0.4, -0.2) is 13.1 Å². The first kappa shape index (κ1) is 11.4. The van der Waals surface area contributed by atoms with Gasteiger partial charge in [-0.2, -0.15) is 0 Å². The Kier molecular flexibility index (Phi) is 3.24. The number of hydrogen-bond acceptors (Lipinski definition) is 2. The zero-order valence-electron chi connectivity index (χ0n) is 9.64. The lowest BCUT2D eigenvalue weighted by atomic mass is 10.0. The Hall–Kier alpha value is -2.09. The Bertz CT molecular complexity index is 510. The number of methoxy groups -OCH3 is 1. The summed E-state index contributed by atoms with van der Waals surface area (Å²) in [5.41, 5.74) is 3.72. The van der Waals surface area contributed by atoms with Crippen molar-refractivity contribution in [3.63, 3.8) is 0 Å². The quantitative estimate of drug-likeness (QED) is 0.733. The van der Waals surface area contributed by atoms with Gasteiger partial charge in [-0.15, -0.1) is 0 Å². The van der Waals surface area contributed by atoms with Crippen molar-refractivity contribution in [1.82, 2.24) is 0 Å². The van der Waals surface area contributed by atoms with Gasteiger partial charge in [0.1, 0.15) is 0 Å². The molecule has 0 aromatic heterocycles. The van der Waals surface area contributed by atoms with Gasteiger partial charge in [0.05, 0.1) is 12.7 Å². The highest BCUT2D eigenvalue weighted by molar-refractivity contribution is 5.89. The highest BCUT2D eigenvalue weighted by atomic mass is 16.5. The van der Waals surface area contributed by atoms with E-state index < -0.39 is 0 Å². The van der Waals surface area contributed by atoms with Crippen LogP contribution in [0.25, 0.3) is 11.1 Å². The van der Waals surface area contributed by atoms with Gasteiger partial charge in [-0.1, -0.05) is 36.4 Å². The van der Waals surface area contributed by atoms with Gasteiger partial charge in [0.25, 0.3) is 0 Å². The van der Waals surface area contributed by atoms with Crippen molar-refractivity contribution in [2.24, 2.45) is 0 Å². The van der Waals surface area contributed by atoms with Crippen LogP contribution in [-0.2, 0) is 4.74 Å². The van der Waals surface area contributed by atoms with Crippen molar-refractivity contribution >= 4 is 5.97 Å². The first-order valence-electron chi connectivity index (χ1n) is 5.31. The van der Waals surface area contributed by atoms with Crippen LogP contribution in [0.4, 0.5) is 0 Å². The molecule has 0 aliphatic heterocycles. The molecule has 2 aromatic rings. The third kappa shape index (κ3) is 2.53. The van der Waals surface area contributed by atoms with E-state index in [9.17, 15) is 4.79 Å². The Balaban J connectivity index is 2.29. The lowest BCUT2D eigenvalue weighted by Gasteiger charge is -2.03. The molecule has 2 nitrogen and oxygen atoms in total. The van der Waals surface area contributed by atoms with Crippen LogP contribution < -0.4 is 0 Å². The molecule has 0 bridgehead atoms. The third-order valence-corrected chi connectivity index (χ3v) is 2.59. The number of carbonyl (C=O) groups excluding carboxylic acids is 1. The number of rotatable bonds is 2. The fourth-order valence-corrected chi connectivity index (χ4v) is 1.61. The molecule has 0 heterocycles. The number of hydrogen-bond donors (Lipinski definition) is 0. The fraction of sp³-hybridized carbons (Fsp3) is 0.0667. The first-order valence-corrected chi connectivity index (χ1v) is 5.31. The normalized spacial score (nSPS) is 10.0. The van der Waals surface area contributed by atoms with Crippen LogP contribution in [0, 0.1) is 6.92 Å². The molecule has 85 valence electrons. The molecule has 17 heavy (non-hydrogen) atoms. The first-order chi connectivity index (χ1) is 8.20. The molecular weight excluding hydrogens is 212 g/mol. The second-order valence-corrected chi connectivity index (χ2v) is 3.77. The van der Waals surface area contributed by atoms with Crippen LogP contribution in [0.15, 0.2) is 48.5 Å². The van der Waals surface area contributed by atoms with Gasteiger partial charge >= 0.3 is 5.97 Å². The Morgan fingerprint density at radius 1 is 0.941 bits per heavy atom. The summed E-state index contributed by atoms with van der Waals surface area (Å²) in [5, 5.41) is 0. The SMILES string of the molecule is [CH2]c1ccc(-c2ccc(C(=O)OC)cc2)cc1. The standard InChI is InChI=1S/C15H13O2/c1-11-3-5-12(6-4-11)13-7-9-14(10-8-13)15(16)17-2/h3-10H,1H2,2H3. The topological polar surface area (TPSA) is 26.3 Å². The van der Waals surface area contributed by atoms with Gasteiger partial charge in [0, 0.05) is 0 Å². The van der Waals surface area contributed by atoms with E-state index in [-0.39, 0.29) is 5.97 Å². The molecule has 0 fully saturated rings.